The van der Waals surface area contributed by atoms with Crippen molar-refractivity contribution in [3.05, 3.63) is 53.9 Å². The second-order valence-electron chi connectivity index (χ2n) is 6.53. The van der Waals surface area contributed by atoms with Crippen molar-refractivity contribution in [2.75, 3.05) is 18.4 Å². The highest BCUT2D eigenvalue weighted by Gasteiger charge is 2.21. The summed E-state index contributed by atoms with van der Waals surface area (Å²) in [5, 5.41) is 3.91. The lowest BCUT2D eigenvalue weighted by atomic mass is 10.2. The number of aromatic nitrogens is 2. The number of aryl methyl sites for hydroxylation is 1. The van der Waals surface area contributed by atoms with Gasteiger partial charge in [0, 0.05) is 12.1 Å². The van der Waals surface area contributed by atoms with Gasteiger partial charge in [0.2, 0.25) is 0 Å². The van der Waals surface area contributed by atoms with E-state index in [2.05, 4.69) is 14.9 Å². The van der Waals surface area contributed by atoms with Crippen molar-refractivity contribution in [2.24, 2.45) is 0 Å². The summed E-state index contributed by atoms with van der Waals surface area (Å²) < 4.78 is 43.8. The maximum Gasteiger partial charge on any atom is 0.338 e. The summed E-state index contributed by atoms with van der Waals surface area (Å²) in [6.45, 7) is 3.96. The van der Waals surface area contributed by atoms with Gasteiger partial charge in [0.25, 0.3) is 15.9 Å². The Balaban J connectivity index is 1.87. The van der Waals surface area contributed by atoms with Crippen LogP contribution in [0.4, 0.5) is 5.69 Å². The van der Waals surface area contributed by atoms with Crippen LogP contribution in [0, 0.1) is 0 Å². The molecule has 10 heteroatoms. The molecule has 0 fully saturated rings. The molecule has 1 N–H and O–H groups in total. The highest BCUT2D eigenvalue weighted by molar-refractivity contribution is 7.92. The van der Waals surface area contributed by atoms with E-state index in [1.165, 1.54) is 49.6 Å². The van der Waals surface area contributed by atoms with Crippen LogP contribution in [-0.2, 0) is 21.2 Å². The van der Waals surface area contributed by atoms with Crippen molar-refractivity contribution in [2.45, 2.75) is 31.6 Å². The minimum absolute atomic E-state index is 0.00647. The van der Waals surface area contributed by atoms with E-state index in [4.69, 9.17) is 14.0 Å². The van der Waals surface area contributed by atoms with Crippen LogP contribution in [0.2, 0.25) is 0 Å². The van der Waals surface area contributed by atoms with Crippen LogP contribution in [0.1, 0.15) is 36.5 Å². The molecule has 3 rings (SSSR count). The second-order valence-corrected chi connectivity index (χ2v) is 8.21. The SMILES string of the molecule is CCCc1noc(-c2cc(S(=O)(=O)Nc3ccc(C(=O)OCC)cc3)ccc2OC)n1. The Bertz CT molecular complexity index is 1160. The molecule has 2 aromatic carbocycles. The van der Waals surface area contributed by atoms with Gasteiger partial charge in [-0.2, -0.15) is 4.98 Å². The summed E-state index contributed by atoms with van der Waals surface area (Å²) in [4.78, 5) is 16.0. The maximum atomic E-state index is 12.9. The predicted molar refractivity (Wildman–Crippen MR) is 113 cm³/mol. The molecule has 1 aromatic heterocycles. The highest BCUT2D eigenvalue weighted by Crippen LogP contribution is 2.32. The fourth-order valence-electron chi connectivity index (χ4n) is 2.81. The van der Waals surface area contributed by atoms with Gasteiger partial charge in [0.05, 0.1) is 29.7 Å². The van der Waals surface area contributed by atoms with E-state index >= 15 is 0 Å². The molecule has 0 aliphatic carbocycles. The zero-order chi connectivity index (χ0) is 22.4. The molecule has 0 bridgehead atoms. The zero-order valence-corrected chi connectivity index (χ0v) is 18.2. The van der Waals surface area contributed by atoms with Crippen LogP contribution in [0.15, 0.2) is 51.9 Å². The van der Waals surface area contributed by atoms with E-state index < -0.39 is 16.0 Å². The van der Waals surface area contributed by atoms with E-state index in [-0.39, 0.29) is 17.4 Å². The number of nitrogens with zero attached hydrogens (tertiary/aromatic N) is 2. The van der Waals surface area contributed by atoms with Crippen LogP contribution in [0.3, 0.4) is 0 Å². The van der Waals surface area contributed by atoms with Crippen molar-refractivity contribution < 1.29 is 27.2 Å². The molecular formula is C21H23N3O6S. The summed E-state index contributed by atoms with van der Waals surface area (Å²) in [5.74, 6) is 0.645. The van der Waals surface area contributed by atoms with Gasteiger partial charge in [-0.1, -0.05) is 12.1 Å². The molecule has 0 saturated heterocycles. The lowest BCUT2D eigenvalue weighted by Gasteiger charge is -2.11. The van der Waals surface area contributed by atoms with Crippen LogP contribution in [-0.4, -0.2) is 38.2 Å². The molecule has 164 valence electrons. The molecule has 0 amide bonds. The number of hydrogen-bond acceptors (Lipinski definition) is 8. The molecule has 9 nitrogen and oxygen atoms in total. The Kier molecular flexibility index (Phi) is 6.91. The largest absolute Gasteiger partial charge is 0.496 e. The molecular weight excluding hydrogens is 422 g/mol. The molecule has 0 radical (unpaired) electrons. The summed E-state index contributed by atoms with van der Waals surface area (Å²) in [5.41, 5.74) is 1.00. The molecule has 0 atom stereocenters. The summed E-state index contributed by atoms with van der Waals surface area (Å²) in [6.07, 6.45) is 1.50. The van der Waals surface area contributed by atoms with E-state index in [0.717, 1.165) is 6.42 Å². The maximum absolute atomic E-state index is 12.9. The third-order valence-corrected chi connectivity index (χ3v) is 5.68. The lowest BCUT2D eigenvalue weighted by Crippen LogP contribution is -2.13. The van der Waals surface area contributed by atoms with Gasteiger partial charge >= 0.3 is 5.97 Å². The zero-order valence-electron chi connectivity index (χ0n) is 17.4. The van der Waals surface area contributed by atoms with Crippen molar-refractivity contribution in [3.8, 4) is 17.2 Å². The first-order chi connectivity index (χ1) is 14.9. The molecule has 0 unspecified atom stereocenters. The van der Waals surface area contributed by atoms with Gasteiger partial charge in [-0.05, 0) is 55.8 Å². The normalized spacial score (nSPS) is 11.2. The van der Waals surface area contributed by atoms with Gasteiger partial charge in [-0.15, -0.1) is 0 Å². The fourth-order valence-corrected chi connectivity index (χ4v) is 3.90. The molecule has 0 aliphatic rings. The van der Waals surface area contributed by atoms with Crippen molar-refractivity contribution in [1.82, 2.24) is 10.1 Å². The quantitative estimate of drug-likeness (QED) is 0.495. The number of carbonyl (C=O) groups excluding carboxylic acids is 1. The van der Waals surface area contributed by atoms with E-state index in [1.807, 2.05) is 6.92 Å². The Labute approximate surface area is 180 Å². The highest BCUT2D eigenvalue weighted by atomic mass is 32.2. The van der Waals surface area contributed by atoms with Gasteiger partial charge in [0.15, 0.2) is 5.82 Å². The molecule has 3 aromatic rings. The molecule has 1 heterocycles. The monoisotopic (exact) mass is 445 g/mol. The first-order valence-electron chi connectivity index (χ1n) is 9.69. The van der Waals surface area contributed by atoms with Crippen LogP contribution < -0.4 is 9.46 Å². The number of methoxy groups -OCH3 is 1. The molecule has 0 spiro atoms. The predicted octanol–water partition coefficient (Wildman–Crippen LogP) is 3.68. The first kappa shape index (κ1) is 22.3. The molecule has 0 aliphatic heterocycles. The second kappa shape index (κ2) is 9.61. The lowest BCUT2D eigenvalue weighted by molar-refractivity contribution is 0.0526. The number of anilines is 1. The Hall–Kier alpha value is -3.40. The number of ether oxygens (including phenoxy) is 2. The average Bonchev–Trinajstić information content (AvgIpc) is 3.22. The van der Waals surface area contributed by atoms with Gasteiger partial charge in [0.1, 0.15) is 5.75 Å². The number of carbonyl (C=O) groups is 1. The number of benzene rings is 2. The number of rotatable bonds is 9. The Morgan fingerprint density at radius 2 is 1.87 bits per heavy atom. The van der Waals surface area contributed by atoms with Crippen LogP contribution in [0.25, 0.3) is 11.5 Å². The standard InChI is InChI=1S/C21H23N3O6S/c1-4-6-19-22-20(30-23-19)17-13-16(11-12-18(17)28-3)31(26,27)24-15-9-7-14(8-10-15)21(25)29-5-2/h7-13,24H,4-6H2,1-3H3. The Morgan fingerprint density at radius 3 is 2.52 bits per heavy atom. The van der Waals surface area contributed by atoms with E-state index in [0.29, 0.717) is 34.8 Å². The average molecular weight is 445 g/mol. The number of sulfonamides is 1. The van der Waals surface area contributed by atoms with Gasteiger partial charge in [-0.3, -0.25) is 4.72 Å². The summed E-state index contributed by atoms with van der Waals surface area (Å²) in [6, 6.07) is 10.3. The Morgan fingerprint density at radius 1 is 1.13 bits per heavy atom. The van der Waals surface area contributed by atoms with Gasteiger partial charge in [-0.25, -0.2) is 13.2 Å². The van der Waals surface area contributed by atoms with Gasteiger partial charge < -0.3 is 14.0 Å². The van der Waals surface area contributed by atoms with E-state index in [9.17, 15) is 13.2 Å². The fraction of sp³-hybridized carbons (Fsp3) is 0.286. The van der Waals surface area contributed by atoms with Crippen molar-refractivity contribution in [1.29, 1.82) is 0 Å². The minimum Gasteiger partial charge on any atom is -0.496 e. The van der Waals surface area contributed by atoms with Crippen LogP contribution in [0.5, 0.6) is 5.75 Å². The number of esters is 1. The smallest absolute Gasteiger partial charge is 0.338 e. The van der Waals surface area contributed by atoms with Crippen LogP contribution >= 0.6 is 0 Å². The molecule has 0 saturated carbocycles. The van der Waals surface area contributed by atoms with E-state index in [1.54, 1.807) is 6.92 Å². The number of nitrogens with one attached hydrogen (secondary N) is 1. The summed E-state index contributed by atoms with van der Waals surface area (Å²) in [7, 11) is -2.46. The summed E-state index contributed by atoms with van der Waals surface area (Å²) >= 11 is 0. The first-order valence-corrected chi connectivity index (χ1v) is 11.2. The number of hydrogen-bond donors (Lipinski definition) is 1. The minimum atomic E-state index is -3.93. The third-order valence-electron chi connectivity index (χ3n) is 4.30. The van der Waals surface area contributed by atoms with Crippen molar-refractivity contribution in [3.63, 3.8) is 0 Å². The topological polar surface area (TPSA) is 121 Å². The molecule has 31 heavy (non-hydrogen) atoms. The third kappa shape index (κ3) is 5.21. The van der Waals surface area contributed by atoms with Crippen molar-refractivity contribution >= 4 is 21.7 Å².